The Morgan fingerprint density at radius 2 is 1.83 bits per heavy atom. The summed E-state index contributed by atoms with van der Waals surface area (Å²) < 4.78 is 6.88. The Balaban J connectivity index is 1.76. The predicted octanol–water partition coefficient (Wildman–Crippen LogP) is 3.41. The summed E-state index contributed by atoms with van der Waals surface area (Å²) in [5.74, 6) is -0.330. The van der Waals surface area contributed by atoms with Gasteiger partial charge in [-0.25, -0.2) is 9.78 Å². The van der Waals surface area contributed by atoms with Crippen molar-refractivity contribution in [3.05, 3.63) is 66.4 Å². The van der Waals surface area contributed by atoms with E-state index in [0.717, 1.165) is 16.9 Å². The van der Waals surface area contributed by atoms with Crippen LogP contribution in [-0.4, -0.2) is 47.5 Å². The first-order valence-corrected chi connectivity index (χ1v) is 10.5. The lowest BCUT2D eigenvalue weighted by Gasteiger charge is -2.12. The van der Waals surface area contributed by atoms with E-state index in [1.165, 1.54) is 17.3 Å². The van der Waals surface area contributed by atoms with Gasteiger partial charge < -0.3 is 10.1 Å². The van der Waals surface area contributed by atoms with Crippen LogP contribution in [0, 0.1) is 6.92 Å². The molecular formula is C22H24N4O3S. The first kappa shape index (κ1) is 21.6. The molecule has 0 bridgehead atoms. The largest absolute Gasteiger partial charge is 0.383 e. The number of thioether (sulfide) groups is 1. The number of urea groups is 1. The number of benzene rings is 2. The lowest BCUT2D eigenvalue weighted by atomic mass is 10.1. The molecule has 156 valence electrons. The number of carbonyl (C=O) groups excluding carboxylic acids is 2. The van der Waals surface area contributed by atoms with Crippen LogP contribution in [0.5, 0.6) is 0 Å². The maximum absolute atomic E-state index is 12.2. The number of imide groups is 1. The molecule has 3 rings (SSSR count). The molecular weight excluding hydrogens is 400 g/mol. The van der Waals surface area contributed by atoms with Gasteiger partial charge >= 0.3 is 6.03 Å². The quantitative estimate of drug-likeness (QED) is 0.428. The lowest BCUT2D eigenvalue weighted by Crippen LogP contribution is -2.41. The standard InChI is InChI=1S/C22H24N4O3S/c1-16-8-10-17(11-9-16)19-14-24-22(26(19)18-6-4-3-5-7-18)30-15-20(27)25-21(28)23-12-13-29-2/h3-11,14H,12-13,15H2,1-2H3,(H2,23,25,27,28). The fourth-order valence-electron chi connectivity index (χ4n) is 2.79. The maximum Gasteiger partial charge on any atom is 0.321 e. The van der Waals surface area contributed by atoms with Gasteiger partial charge in [-0.2, -0.15) is 0 Å². The molecule has 2 N–H and O–H groups in total. The summed E-state index contributed by atoms with van der Waals surface area (Å²) in [7, 11) is 1.54. The third kappa shape index (κ3) is 5.71. The van der Waals surface area contributed by atoms with Crippen LogP contribution in [0.1, 0.15) is 5.56 Å². The van der Waals surface area contributed by atoms with Crippen molar-refractivity contribution < 1.29 is 14.3 Å². The number of amides is 3. The van der Waals surface area contributed by atoms with E-state index in [-0.39, 0.29) is 5.75 Å². The first-order valence-electron chi connectivity index (χ1n) is 9.48. The van der Waals surface area contributed by atoms with Crippen molar-refractivity contribution in [2.75, 3.05) is 26.0 Å². The highest BCUT2D eigenvalue weighted by atomic mass is 32.2. The van der Waals surface area contributed by atoms with E-state index < -0.39 is 11.9 Å². The van der Waals surface area contributed by atoms with Gasteiger partial charge in [-0.1, -0.05) is 59.8 Å². The molecule has 0 radical (unpaired) electrons. The summed E-state index contributed by atoms with van der Waals surface area (Å²) in [5, 5.41) is 5.54. The fourth-order valence-corrected chi connectivity index (χ4v) is 3.59. The van der Waals surface area contributed by atoms with Crippen molar-refractivity contribution in [2.24, 2.45) is 0 Å². The van der Waals surface area contributed by atoms with Gasteiger partial charge in [0.05, 0.1) is 24.3 Å². The van der Waals surface area contributed by atoms with E-state index >= 15 is 0 Å². The number of nitrogens with zero attached hydrogens (tertiary/aromatic N) is 2. The van der Waals surface area contributed by atoms with Crippen LogP contribution in [0.15, 0.2) is 66.0 Å². The van der Waals surface area contributed by atoms with E-state index in [0.29, 0.717) is 18.3 Å². The molecule has 0 fully saturated rings. The summed E-state index contributed by atoms with van der Waals surface area (Å²) in [6, 6.07) is 17.5. The molecule has 30 heavy (non-hydrogen) atoms. The lowest BCUT2D eigenvalue weighted by molar-refractivity contribution is -0.117. The van der Waals surface area contributed by atoms with Crippen molar-refractivity contribution in [1.82, 2.24) is 20.2 Å². The van der Waals surface area contributed by atoms with E-state index in [4.69, 9.17) is 4.74 Å². The van der Waals surface area contributed by atoms with Gasteiger partial charge in [-0.3, -0.25) is 14.7 Å². The maximum atomic E-state index is 12.2. The highest BCUT2D eigenvalue weighted by Crippen LogP contribution is 2.29. The number of para-hydroxylation sites is 1. The zero-order valence-corrected chi connectivity index (χ0v) is 17.7. The Hall–Kier alpha value is -3.10. The fraction of sp³-hybridized carbons (Fsp3) is 0.227. The van der Waals surface area contributed by atoms with Crippen molar-refractivity contribution in [3.8, 4) is 16.9 Å². The number of hydrogen-bond acceptors (Lipinski definition) is 5. The molecule has 2 aromatic carbocycles. The van der Waals surface area contributed by atoms with E-state index in [1.807, 2.05) is 41.8 Å². The molecule has 1 aromatic heterocycles. The van der Waals surface area contributed by atoms with Crippen molar-refractivity contribution in [1.29, 1.82) is 0 Å². The minimum Gasteiger partial charge on any atom is -0.383 e. The van der Waals surface area contributed by atoms with E-state index in [9.17, 15) is 9.59 Å². The van der Waals surface area contributed by atoms with Crippen molar-refractivity contribution in [2.45, 2.75) is 12.1 Å². The molecule has 8 heteroatoms. The highest BCUT2D eigenvalue weighted by Gasteiger charge is 2.16. The number of aromatic nitrogens is 2. The molecule has 0 aliphatic heterocycles. The SMILES string of the molecule is COCCNC(=O)NC(=O)CSc1ncc(-c2ccc(C)cc2)n1-c1ccccc1. The van der Waals surface area contributed by atoms with Gasteiger partial charge in [0.25, 0.3) is 0 Å². The number of aryl methyl sites for hydroxylation is 1. The average molecular weight is 425 g/mol. The number of methoxy groups -OCH3 is 1. The van der Waals surface area contributed by atoms with Gasteiger partial charge in [-0.15, -0.1) is 0 Å². The molecule has 0 saturated heterocycles. The summed E-state index contributed by atoms with van der Waals surface area (Å²) >= 11 is 1.27. The van der Waals surface area contributed by atoms with Gasteiger partial charge in [0, 0.05) is 24.9 Å². The monoisotopic (exact) mass is 424 g/mol. The predicted molar refractivity (Wildman–Crippen MR) is 118 cm³/mol. The second-order valence-electron chi connectivity index (χ2n) is 6.55. The highest BCUT2D eigenvalue weighted by molar-refractivity contribution is 7.99. The van der Waals surface area contributed by atoms with Crippen LogP contribution in [0.2, 0.25) is 0 Å². The number of hydrogen-bond donors (Lipinski definition) is 2. The Bertz CT molecular complexity index is 987. The summed E-state index contributed by atoms with van der Waals surface area (Å²) in [4.78, 5) is 28.4. The normalized spacial score (nSPS) is 10.6. The van der Waals surface area contributed by atoms with Crippen LogP contribution in [0.25, 0.3) is 16.9 Å². The van der Waals surface area contributed by atoms with E-state index in [2.05, 4.69) is 39.9 Å². The molecule has 0 saturated carbocycles. The van der Waals surface area contributed by atoms with E-state index in [1.54, 1.807) is 13.3 Å². The van der Waals surface area contributed by atoms with Gasteiger partial charge in [0.15, 0.2) is 5.16 Å². The molecule has 0 unspecified atom stereocenters. The molecule has 3 amide bonds. The zero-order valence-electron chi connectivity index (χ0n) is 16.9. The topological polar surface area (TPSA) is 85.2 Å². The Morgan fingerprint density at radius 1 is 1.10 bits per heavy atom. The van der Waals surface area contributed by atoms with Crippen molar-refractivity contribution in [3.63, 3.8) is 0 Å². The van der Waals surface area contributed by atoms with Crippen LogP contribution in [0.4, 0.5) is 4.79 Å². The van der Waals surface area contributed by atoms with Gasteiger partial charge in [0.2, 0.25) is 5.91 Å². The second-order valence-corrected chi connectivity index (χ2v) is 7.49. The van der Waals surface area contributed by atoms with Gasteiger partial charge in [-0.05, 0) is 19.1 Å². The first-order chi connectivity index (χ1) is 14.6. The van der Waals surface area contributed by atoms with Gasteiger partial charge in [0.1, 0.15) is 0 Å². The smallest absolute Gasteiger partial charge is 0.321 e. The third-order valence-corrected chi connectivity index (χ3v) is 5.22. The number of carbonyl (C=O) groups is 2. The number of ether oxygens (including phenoxy) is 1. The molecule has 0 aliphatic rings. The summed E-state index contributed by atoms with van der Waals surface area (Å²) in [6.45, 7) is 2.76. The number of nitrogens with one attached hydrogen (secondary N) is 2. The number of imidazole rings is 1. The molecule has 1 heterocycles. The van der Waals surface area contributed by atoms with Crippen LogP contribution in [0.3, 0.4) is 0 Å². The molecule has 7 nitrogen and oxygen atoms in total. The average Bonchev–Trinajstić information content (AvgIpc) is 3.17. The van der Waals surface area contributed by atoms with Crippen LogP contribution in [-0.2, 0) is 9.53 Å². The minimum absolute atomic E-state index is 0.0644. The number of rotatable bonds is 8. The molecule has 0 spiro atoms. The molecule has 0 atom stereocenters. The molecule has 0 aliphatic carbocycles. The Labute approximate surface area is 179 Å². The van der Waals surface area contributed by atoms with Crippen LogP contribution >= 0.6 is 11.8 Å². The Kier molecular flexibility index (Phi) is 7.64. The second kappa shape index (κ2) is 10.6. The zero-order chi connectivity index (χ0) is 21.3. The summed E-state index contributed by atoms with van der Waals surface area (Å²) in [5.41, 5.74) is 4.09. The van der Waals surface area contributed by atoms with Crippen LogP contribution < -0.4 is 10.6 Å². The van der Waals surface area contributed by atoms with Crippen molar-refractivity contribution >= 4 is 23.7 Å². The Morgan fingerprint density at radius 3 is 2.53 bits per heavy atom. The molecule has 3 aromatic rings. The minimum atomic E-state index is -0.538. The summed E-state index contributed by atoms with van der Waals surface area (Å²) in [6.07, 6.45) is 1.80. The third-order valence-electron chi connectivity index (χ3n) is 4.27.